The monoisotopic (exact) mass is 430 g/mol. The molecule has 31 heavy (non-hydrogen) atoms. The van der Waals surface area contributed by atoms with E-state index in [1.54, 1.807) is 34.0 Å². The number of nitrogens with zero attached hydrogens (tertiary/aromatic N) is 4. The van der Waals surface area contributed by atoms with E-state index >= 15 is 4.39 Å². The maximum absolute atomic E-state index is 15.3. The number of hydrogen-bond acceptors (Lipinski definition) is 3. The number of pyridine rings is 1. The number of aryl methyl sites for hydroxylation is 1. The normalized spacial score (nSPS) is 14.9. The summed E-state index contributed by atoms with van der Waals surface area (Å²) in [5, 5.41) is 4.95. The van der Waals surface area contributed by atoms with Crippen molar-refractivity contribution in [3.63, 3.8) is 0 Å². The Balaban J connectivity index is 1.55. The number of aromatic nitrogens is 3. The SMILES string of the molecule is BC1(B)c2ncccc2C(=O)N1Cc1c(F)cc(-c2cccc3nn(C)cc23)cc1Cl. The molecule has 0 radical (unpaired) electrons. The molecule has 0 bridgehead atoms. The quantitative estimate of drug-likeness (QED) is 0.469. The Morgan fingerprint density at radius 2 is 1.94 bits per heavy atom. The Morgan fingerprint density at radius 1 is 1.16 bits per heavy atom. The molecule has 2 aromatic heterocycles. The minimum absolute atomic E-state index is 0.0598. The number of hydrogen-bond donors (Lipinski definition) is 0. The molecule has 3 heterocycles. The van der Waals surface area contributed by atoms with Crippen molar-refractivity contribution in [1.29, 1.82) is 0 Å². The summed E-state index contributed by atoms with van der Waals surface area (Å²) in [6.45, 7) is 0.0598. The number of carbonyl (C=O) groups is 1. The van der Waals surface area contributed by atoms with E-state index in [0.717, 1.165) is 16.5 Å². The zero-order valence-corrected chi connectivity index (χ0v) is 18.1. The van der Waals surface area contributed by atoms with Gasteiger partial charge in [-0.25, -0.2) is 4.39 Å². The van der Waals surface area contributed by atoms with Crippen LogP contribution in [0, 0.1) is 5.82 Å². The molecule has 2 aromatic carbocycles. The second-order valence-corrected chi connectivity index (χ2v) is 8.72. The number of rotatable bonds is 3. The molecule has 0 aliphatic carbocycles. The van der Waals surface area contributed by atoms with Gasteiger partial charge in [0.15, 0.2) is 0 Å². The molecule has 5 nitrogen and oxygen atoms in total. The Morgan fingerprint density at radius 3 is 2.68 bits per heavy atom. The highest BCUT2D eigenvalue weighted by atomic mass is 35.5. The van der Waals surface area contributed by atoms with Gasteiger partial charge in [0.25, 0.3) is 5.91 Å². The van der Waals surface area contributed by atoms with Crippen LogP contribution in [0.15, 0.2) is 54.9 Å². The average Bonchev–Trinajstić information content (AvgIpc) is 3.20. The summed E-state index contributed by atoms with van der Waals surface area (Å²) in [7, 11) is 5.67. The van der Waals surface area contributed by atoms with Gasteiger partial charge in [-0.3, -0.25) is 14.5 Å². The number of carbonyl (C=O) groups excluding carboxylic acids is 1. The van der Waals surface area contributed by atoms with Crippen LogP contribution in [0.25, 0.3) is 22.0 Å². The molecule has 1 aliphatic rings. The van der Waals surface area contributed by atoms with E-state index in [9.17, 15) is 4.79 Å². The van der Waals surface area contributed by atoms with Crippen molar-refractivity contribution in [1.82, 2.24) is 19.7 Å². The molecular formula is C22H18B2ClFN4O. The Hall–Kier alpha value is -3.12. The Bertz CT molecular complexity index is 1350. The first kappa shape index (κ1) is 19.8. The predicted molar refractivity (Wildman–Crippen MR) is 124 cm³/mol. The second kappa shape index (κ2) is 6.95. The topological polar surface area (TPSA) is 51.0 Å². The van der Waals surface area contributed by atoms with Gasteiger partial charge in [-0.1, -0.05) is 23.7 Å². The summed E-state index contributed by atoms with van der Waals surface area (Å²) < 4.78 is 17.0. The molecule has 0 saturated carbocycles. The fraction of sp³-hybridized carbons (Fsp3) is 0.136. The highest BCUT2D eigenvalue weighted by Gasteiger charge is 2.44. The molecule has 9 heteroatoms. The number of halogens is 2. The van der Waals surface area contributed by atoms with E-state index in [4.69, 9.17) is 11.6 Å². The molecule has 0 atom stereocenters. The zero-order chi connectivity index (χ0) is 21.9. The summed E-state index contributed by atoms with van der Waals surface area (Å²) >= 11 is 6.56. The third kappa shape index (κ3) is 3.05. The lowest BCUT2D eigenvalue weighted by molar-refractivity contribution is 0.0729. The Labute approximate surface area is 185 Å². The summed E-state index contributed by atoms with van der Waals surface area (Å²) in [6.07, 6.45) is 3.57. The average molecular weight is 430 g/mol. The van der Waals surface area contributed by atoms with Crippen LogP contribution in [0.3, 0.4) is 0 Å². The zero-order valence-electron chi connectivity index (χ0n) is 17.4. The van der Waals surface area contributed by atoms with Gasteiger partial charge in [-0.05, 0) is 41.5 Å². The fourth-order valence-corrected chi connectivity index (χ4v) is 4.61. The van der Waals surface area contributed by atoms with Crippen LogP contribution >= 0.6 is 11.6 Å². The maximum atomic E-state index is 15.3. The van der Waals surface area contributed by atoms with Gasteiger partial charge in [-0.15, -0.1) is 0 Å². The van der Waals surface area contributed by atoms with E-state index < -0.39 is 11.2 Å². The summed E-state index contributed by atoms with van der Waals surface area (Å²) in [5.74, 6) is -0.622. The minimum Gasteiger partial charge on any atom is -0.339 e. The van der Waals surface area contributed by atoms with Crippen LogP contribution < -0.4 is 0 Å². The van der Waals surface area contributed by atoms with E-state index in [-0.39, 0.29) is 23.0 Å². The van der Waals surface area contributed by atoms with Crippen molar-refractivity contribution in [2.24, 2.45) is 7.05 Å². The molecular weight excluding hydrogens is 412 g/mol. The largest absolute Gasteiger partial charge is 0.339 e. The lowest BCUT2D eigenvalue weighted by atomic mass is 9.59. The van der Waals surface area contributed by atoms with Crippen LogP contribution in [-0.4, -0.2) is 41.3 Å². The first-order chi connectivity index (χ1) is 14.8. The molecule has 5 rings (SSSR count). The lowest BCUT2D eigenvalue weighted by Crippen LogP contribution is -2.44. The van der Waals surface area contributed by atoms with Crippen LogP contribution in [0.5, 0.6) is 0 Å². The van der Waals surface area contributed by atoms with Crippen LogP contribution in [0.2, 0.25) is 5.02 Å². The predicted octanol–water partition coefficient (Wildman–Crippen LogP) is 2.46. The molecule has 1 amide bonds. The summed E-state index contributed by atoms with van der Waals surface area (Å²) in [5.41, 5.74) is 3.88. The molecule has 4 aromatic rings. The van der Waals surface area contributed by atoms with Crippen LogP contribution in [0.1, 0.15) is 21.6 Å². The van der Waals surface area contributed by atoms with Crippen LogP contribution in [0.4, 0.5) is 4.39 Å². The lowest BCUT2D eigenvalue weighted by Gasteiger charge is -2.32. The van der Waals surface area contributed by atoms with Gasteiger partial charge < -0.3 is 4.90 Å². The van der Waals surface area contributed by atoms with Crippen molar-refractivity contribution < 1.29 is 9.18 Å². The van der Waals surface area contributed by atoms with E-state index in [0.29, 0.717) is 16.8 Å². The van der Waals surface area contributed by atoms with Crippen molar-refractivity contribution in [2.45, 2.75) is 11.9 Å². The standard InChI is InChI=1S/C22H18B2ClFN4O/c1-29-10-15-13(4-2-6-19(15)28-29)12-8-17(25)16(18(26)9-12)11-30-21(31)14-5-3-7-27-20(14)22(30,23)24/h2-10H,11,23-24H2,1H3. The first-order valence-corrected chi connectivity index (χ1v) is 10.3. The summed E-state index contributed by atoms with van der Waals surface area (Å²) in [6, 6.07) is 12.4. The van der Waals surface area contributed by atoms with Crippen molar-refractivity contribution in [3.05, 3.63) is 82.5 Å². The van der Waals surface area contributed by atoms with Crippen molar-refractivity contribution in [2.75, 3.05) is 0 Å². The van der Waals surface area contributed by atoms with Gasteiger partial charge >= 0.3 is 0 Å². The van der Waals surface area contributed by atoms with Gasteiger partial charge in [0, 0.05) is 47.3 Å². The van der Waals surface area contributed by atoms with Gasteiger partial charge in [0.05, 0.1) is 16.8 Å². The fourth-order valence-electron chi connectivity index (χ4n) is 4.34. The van der Waals surface area contributed by atoms with Crippen LogP contribution in [-0.2, 0) is 18.9 Å². The van der Waals surface area contributed by atoms with E-state index in [1.165, 1.54) is 6.07 Å². The molecule has 0 N–H and O–H groups in total. The highest BCUT2D eigenvalue weighted by molar-refractivity contribution is 6.42. The van der Waals surface area contributed by atoms with Gasteiger partial charge in [-0.2, -0.15) is 5.10 Å². The molecule has 1 aliphatic heterocycles. The molecule has 0 unspecified atom stereocenters. The molecule has 0 spiro atoms. The van der Waals surface area contributed by atoms with E-state index in [1.807, 2.05) is 47.1 Å². The molecule has 152 valence electrons. The first-order valence-electron chi connectivity index (χ1n) is 9.95. The third-order valence-corrected chi connectivity index (χ3v) is 6.31. The number of fused-ring (bicyclic) bond motifs is 2. The number of amides is 1. The minimum atomic E-state index is -0.663. The van der Waals surface area contributed by atoms with Gasteiger partial charge in [0.1, 0.15) is 21.5 Å². The molecule has 0 fully saturated rings. The number of benzene rings is 2. The van der Waals surface area contributed by atoms with Crippen molar-refractivity contribution >= 4 is 44.1 Å². The smallest absolute Gasteiger partial charge is 0.255 e. The van der Waals surface area contributed by atoms with E-state index in [2.05, 4.69) is 10.1 Å². The molecule has 0 saturated heterocycles. The van der Waals surface area contributed by atoms with Crippen molar-refractivity contribution in [3.8, 4) is 11.1 Å². The van der Waals surface area contributed by atoms with Gasteiger partial charge in [0.2, 0.25) is 0 Å². The second-order valence-electron chi connectivity index (χ2n) is 8.31. The highest BCUT2D eigenvalue weighted by Crippen LogP contribution is 2.37. The third-order valence-electron chi connectivity index (χ3n) is 5.97. The Kier molecular flexibility index (Phi) is 4.45. The summed E-state index contributed by atoms with van der Waals surface area (Å²) in [4.78, 5) is 19.0. The maximum Gasteiger partial charge on any atom is 0.255 e.